The normalized spacial score (nSPS) is 10.7. The Kier molecular flexibility index (Phi) is 4.19. The van der Waals surface area contributed by atoms with Crippen LogP contribution in [0, 0.1) is 0 Å². The second-order valence-corrected chi connectivity index (χ2v) is 5.35. The fraction of sp³-hybridized carbons (Fsp3) is 0.167. The molecule has 3 aromatic rings. The van der Waals surface area contributed by atoms with E-state index in [1.165, 1.54) is 0 Å². The molecule has 1 N–H and O–H groups in total. The first-order valence-electron chi connectivity index (χ1n) is 7.42. The largest absolute Gasteiger partial charge is 0.489 e. The van der Waals surface area contributed by atoms with Gasteiger partial charge in [0.1, 0.15) is 11.3 Å². The van der Waals surface area contributed by atoms with Crippen LogP contribution in [0.5, 0.6) is 5.75 Å². The summed E-state index contributed by atoms with van der Waals surface area (Å²) in [5.41, 5.74) is 2.38. The average Bonchev–Trinajstić information content (AvgIpc) is 2.55. The quantitative estimate of drug-likeness (QED) is 0.798. The molecule has 23 heavy (non-hydrogen) atoms. The number of nitrogens with one attached hydrogen (secondary N) is 1. The fourth-order valence-corrected chi connectivity index (χ4v) is 2.29. The van der Waals surface area contributed by atoms with Crippen molar-refractivity contribution in [2.75, 3.05) is 5.32 Å². The fourth-order valence-electron chi connectivity index (χ4n) is 2.29. The van der Waals surface area contributed by atoms with Gasteiger partial charge in [0.2, 0.25) is 0 Å². The number of hydrogen-bond donors (Lipinski definition) is 1. The van der Waals surface area contributed by atoms with Gasteiger partial charge in [0.05, 0.1) is 22.9 Å². The van der Waals surface area contributed by atoms with Crippen LogP contribution < -0.4 is 10.1 Å². The van der Waals surface area contributed by atoms with Crippen LogP contribution in [0.3, 0.4) is 0 Å². The van der Waals surface area contributed by atoms with E-state index < -0.39 is 0 Å². The summed E-state index contributed by atoms with van der Waals surface area (Å²) in [4.78, 5) is 21.1. The number of benzene rings is 2. The molecule has 5 nitrogen and oxygen atoms in total. The zero-order valence-electron chi connectivity index (χ0n) is 13.0. The molecular weight excluding hydrogens is 290 g/mol. The number of fused-ring (bicyclic) bond motifs is 1. The van der Waals surface area contributed by atoms with Crippen LogP contribution in [0.4, 0.5) is 5.69 Å². The lowest BCUT2D eigenvalue weighted by Gasteiger charge is -2.15. The number of nitrogens with zero attached hydrogens (tertiary/aromatic N) is 2. The van der Waals surface area contributed by atoms with Crippen LogP contribution in [-0.2, 0) is 0 Å². The Labute approximate surface area is 134 Å². The predicted molar refractivity (Wildman–Crippen MR) is 89.7 cm³/mol. The third-order valence-electron chi connectivity index (χ3n) is 3.24. The standard InChI is InChI=1S/C18H17N3O2/c1-12(2)23-16-9-4-3-7-14(16)21-18(22)13-6-5-8-15-17(13)20-11-10-19-15/h3-12H,1-2H3,(H,21,22). The Morgan fingerprint density at radius 2 is 1.83 bits per heavy atom. The highest BCUT2D eigenvalue weighted by molar-refractivity contribution is 6.11. The molecule has 116 valence electrons. The van der Waals surface area contributed by atoms with Crippen LogP contribution >= 0.6 is 0 Å². The molecule has 1 heterocycles. The molecule has 0 saturated carbocycles. The van der Waals surface area contributed by atoms with Crippen LogP contribution in [0.2, 0.25) is 0 Å². The number of carbonyl (C=O) groups is 1. The lowest BCUT2D eigenvalue weighted by Crippen LogP contribution is -2.15. The first-order chi connectivity index (χ1) is 11.1. The SMILES string of the molecule is CC(C)Oc1ccccc1NC(=O)c1cccc2nccnc12. The molecule has 0 aliphatic rings. The number of hydrogen-bond acceptors (Lipinski definition) is 4. The summed E-state index contributed by atoms with van der Waals surface area (Å²) < 4.78 is 5.73. The first kappa shape index (κ1) is 15.0. The van der Waals surface area contributed by atoms with Crippen molar-refractivity contribution >= 4 is 22.6 Å². The Bertz CT molecular complexity index is 841. The summed E-state index contributed by atoms with van der Waals surface area (Å²) in [5.74, 6) is 0.401. The number of anilines is 1. The summed E-state index contributed by atoms with van der Waals surface area (Å²) in [7, 11) is 0. The van der Waals surface area contributed by atoms with Gasteiger partial charge in [0.25, 0.3) is 5.91 Å². The highest BCUT2D eigenvalue weighted by Crippen LogP contribution is 2.26. The second kappa shape index (κ2) is 6.44. The maximum atomic E-state index is 12.6. The van der Waals surface area contributed by atoms with Crippen molar-refractivity contribution in [1.29, 1.82) is 0 Å². The van der Waals surface area contributed by atoms with Crippen molar-refractivity contribution in [3.63, 3.8) is 0 Å². The molecule has 0 fully saturated rings. The zero-order valence-corrected chi connectivity index (χ0v) is 13.0. The molecule has 0 radical (unpaired) electrons. The molecule has 1 aromatic heterocycles. The van der Waals surface area contributed by atoms with E-state index in [1.54, 1.807) is 24.5 Å². The number of carbonyl (C=O) groups excluding carboxylic acids is 1. The summed E-state index contributed by atoms with van der Waals surface area (Å²) in [6.07, 6.45) is 3.21. The molecule has 0 aliphatic carbocycles. The van der Waals surface area contributed by atoms with E-state index in [2.05, 4.69) is 15.3 Å². The third kappa shape index (κ3) is 3.29. The minimum Gasteiger partial charge on any atom is -0.489 e. The van der Waals surface area contributed by atoms with Gasteiger partial charge in [0, 0.05) is 12.4 Å². The Morgan fingerprint density at radius 3 is 2.65 bits per heavy atom. The number of ether oxygens (including phenoxy) is 1. The second-order valence-electron chi connectivity index (χ2n) is 5.35. The molecule has 0 saturated heterocycles. The van der Waals surface area contributed by atoms with Gasteiger partial charge in [-0.15, -0.1) is 0 Å². The van der Waals surface area contributed by atoms with Gasteiger partial charge in [-0.1, -0.05) is 18.2 Å². The van der Waals surface area contributed by atoms with Gasteiger partial charge in [0.15, 0.2) is 0 Å². The van der Waals surface area contributed by atoms with Gasteiger partial charge < -0.3 is 10.1 Å². The number of aromatic nitrogens is 2. The van der Waals surface area contributed by atoms with Gasteiger partial charge in [-0.05, 0) is 38.1 Å². The molecule has 0 bridgehead atoms. The minimum absolute atomic E-state index is 0.0245. The summed E-state index contributed by atoms with van der Waals surface area (Å²) in [5, 5.41) is 2.89. The molecule has 0 aliphatic heterocycles. The van der Waals surface area contributed by atoms with E-state index in [1.807, 2.05) is 44.2 Å². The topological polar surface area (TPSA) is 64.1 Å². The van der Waals surface area contributed by atoms with E-state index in [0.29, 0.717) is 28.0 Å². The lowest BCUT2D eigenvalue weighted by atomic mass is 10.1. The first-order valence-corrected chi connectivity index (χ1v) is 7.42. The Morgan fingerprint density at radius 1 is 1.04 bits per heavy atom. The van der Waals surface area contributed by atoms with Crippen molar-refractivity contribution < 1.29 is 9.53 Å². The van der Waals surface area contributed by atoms with Gasteiger partial charge in [-0.3, -0.25) is 14.8 Å². The molecule has 0 unspecified atom stereocenters. The number of rotatable bonds is 4. The summed E-state index contributed by atoms with van der Waals surface area (Å²) in [6, 6.07) is 12.7. The van der Waals surface area contributed by atoms with Crippen molar-refractivity contribution in [2.24, 2.45) is 0 Å². The highest BCUT2D eigenvalue weighted by atomic mass is 16.5. The zero-order chi connectivity index (χ0) is 16.2. The monoisotopic (exact) mass is 307 g/mol. The van der Waals surface area contributed by atoms with Crippen LogP contribution in [-0.4, -0.2) is 22.0 Å². The van der Waals surface area contributed by atoms with E-state index in [-0.39, 0.29) is 12.0 Å². The third-order valence-corrected chi connectivity index (χ3v) is 3.24. The summed E-state index contributed by atoms with van der Waals surface area (Å²) in [6.45, 7) is 3.89. The molecule has 0 atom stereocenters. The molecule has 2 aromatic carbocycles. The van der Waals surface area contributed by atoms with Crippen LogP contribution in [0.25, 0.3) is 11.0 Å². The predicted octanol–water partition coefficient (Wildman–Crippen LogP) is 3.67. The lowest BCUT2D eigenvalue weighted by molar-refractivity contribution is 0.102. The van der Waals surface area contributed by atoms with Crippen LogP contribution in [0.15, 0.2) is 54.9 Å². The molecule has 5 heteroatoms. The number of para-hydroxylation sites is 3. The summed E-state index contributed by atoms with van der Waals surface area (Å²) >= 11 is 0. The maximum Gasteiger partial charge on any atom is 0.258 e. The molecular formula is C18H17N3O2. The number of amides is 1. The highest BCUT2D eigenvalue weighted by Gasteiger charge is 2.14. The van der Waals surface area contributed by atoms with E-state index in [9.17, 15) is 4.79 Å². The van der Waals surface area contributed by atoms with Crippen molar-refractivity contribution in [3.8, 4) is 5.75 Å². The van der Waals surface area contributed by atoms with Gasteiger partial charge in [-0.2, -0.15) is 0 Å². The van der Waals surface area contributed by atoms with E-state index in [4.69, 9.17) is 4.74 Å². The van der Waals surface area contributed by atoms with Gasteiger partial charge >= 0.3 is 0 Å². The van der Waals surface area contributed by atoms with Crippen LogP contribution in [0.1, 0.15) is 24.2 Å². The minimum atomic E-state index is -0.240. The maximum absolute atomic E-state index is 12.6. The smallest absolute Gasteiger partial charge is 0.258 e. The van der Waals surface area contributed by atoms with Crippen molar-refractivity contribution in [3.05, 3.63) is 60.4 Å². The Balaban J connectivity index is 1.93. The average molecular weight is 307 g/mol. The van der Waals surface area contributed by atoms with Crippen molar-refractivity contribution in [2.45, 2.75) is 20.0 Å². The van der Waals surface area contributed by atoms with Gasteiger partial charge in [-0.25, -0.2) is 0 Å². The van der Waals surface area contributed by atoms with E-state index >= 15 is 0 Å². The molecule has 1 amide bonds. The van der Waals surface area contributed by atoms with E-state index in [0.717, 1.165) is 0 Å². The van der Waals surface area contributed by atoms with Crippen molar-refractivity contribution in [1.82, 2.24) is 9.97 Å². The molecule has 0 spiro atoms. The Hall–Kier alpha value is -2.95. The molecule has 3 rings (SSSR count).